The van der Waals surface area contributed by atoms with Gasteiger partial charge in [-0.15, -0.1) is 11.3 Å². The van der Waals surface area contributed by atoms with Crippen LogP contribution in [-0.4, -0.2) is 15.9 Å². The van der Waals surface area contributed by atoms with E-state index in [2.05, 4.69) is 17.2 Å². The minimum atomic E-state index is 0.0863. The number of hydrogen-bond acceptors (Lipinski definition) is 4. The largest absolute Gasteiger partial charge is 0.325 e. The number of hydrogen-bond donors (Lipinski definition) is 1. The van der Waals surface area contributed by atoms with Gasteiger partial charge in [-0.05, 0) is 25.3 Å². The second-order valence-corrected chi connectivity index (χ2v) is 7.43. The normalized spacial score (nSPS) is 15.4. The number of anilines is 1. The van der Waals surface area contributed by atoms with E-state index < -0.39 is 0 Å². The predicted molar refractivity (Wildman–Crippen MR) is 99.3 cm³/mol. The number of rotatable bonds is 6. The SMILES string of the molecule is CCCCC(=O)Nc1csc(-c2cncc(C3CCCCC3)n2)c1. The number of thiophene rings is 1. The number of nitrogens with one attached hydrogen (secondary N) is 1. The second-order valence-electron chi connectivity index (χ2n) is 6.52. The lowest BCUT2D eigenvalue weighted by Gasteiger charge is -2.20. The van der Waals surface area contributed by atoms with Crippen LogP contribution in [0.2, 0.25) is 0 Å². The van der Waals surface area contributed by atoms with Gasteiger partial charge in [0, 0.05) is 23.9 Å². The summed E-state index contributed by atoms with van der Waals surface area (Å²) in [5.74, 6) is 0.641. The van der Waals surface area contributed by atoms with Crippen molar-refractivity contribution in [3.05, 3.63) is 29.5 Å². The first-order chi connectivity index (χ1) is 11.8. The molecule has 1 aliphatic carbocycles. The van der Waals surface area contributed by atoms with Crippen LogP contribution in [0.1, 0.15) is 69.9 Å². The summed E-state index contributed by atoms with van der Waals surface area (Å²) in [6, 6.07) is 2.00. The third kappa shape index (κ3) is 4.41. The molecule has 24 heavy (non-hydrogen) atoms. The lowest BCUT2D eigenvalue weighted by Crippen LogP contribution is -2.10. The van der Waals surface area contributed by atoms with Gasteiger partial charge in [-0.3, -0.25) is 9.78 Å². The molecule has 1 saturated carbocycles. The highest BCUT2D eigenvalue weighted by Crippen LogP contribution is 2.33. The van der Waals surface area contributed by atoms with Gasteiger partial charge in [0.2, 0.25) is 5.91 Å². The molecule has 1 amide bonds. The summed E-state index contributed by atoms with van der Waals surface area (Å²) in [4.78, 5) is 22.2. The van der Waals surface area contributed by atoms with Gasteiger partial charge in [0.1, 0.15) is 0 Å². The molecule has 1 aliphatic rings. The smallest absolute Gasteiger partial charge is 0.224 e. The van der Waals surface area contributed by atoms with Crippen molar-refractivity contribution in [3.63, 3.8) is 0 Å². The Morgan fingerprint density at radius 3 is 2.92 bits per heavy atom. The van der Waals surface area contributed by atoms with Crippen molar-refractivity contribution in [2.75, 3.05) is 5.32 Å². The van der Waals surface area contributed by atoms with E-state index in [1.54, 1.807) is 11.3 Å². The second kappa shape index (κ2) is 8.38. The number of amides is 1. The maximum absolute atomic E-state index is 11.8. The van der Waals surface area contributed by atoms with Crippen molar-refractivity contribution in [3.8, 4) is 10.6 Å². The van der Waals surface area contributed by atoms with Crippen LogP contribution in [0.3, 0.4) is 0 Å². The summed E-state index contributed by atoms with van der Waals surface area (Å²) in [5.41, 5.74) is 2.90. The Morgan fingerprint density at radius 1 is 1.29 bits per heavy atom. The highest BCUT2D eigenvalue weighted by atomic mass is 32.1. The average Bonchev–Trinajstić information content (AvgIpc) is 3.09. The molecule has 5 heteroatoms. The molecular formula is C19H25N3OS. The molecule has 0 aromatic carbocycles. The number of carbonyl (C=O) groups is 1. The Morgan fingerprint density at radius 2 is 2.12 bits per heavy atom. The van der Waals surface area contributed by atoms with E-state index in [9.17, 15) is 4.79 Å². The van der Waals surface area contributed by atoms with E-state index in [-0.39, 0.29) is 5.91 Å². The van der Waals surface area contributed by atoms with Crippen LogP contribution in [0.4, 0.5) is 5.69 Å². The molecule has 0 radical (unpaired) electrons. The molecule has 2 heterocycles. The molecule has 0 unspecified atom stereocenters. The van der Waals surface area contributed by atoms with Crippen LogP contribution in [0, 0.1) is 0 Å². The summed E-state index contributed by atoms with van der Waals surface area (Å²) < 4.78 is 0. The molecule has 0 aliphatic heterocycles. The van der Waals surface area contributed by atoms with E-state index in [0.29, 0.717) is 12.3 Å². The molecule has 128 valence electrons. The van der Waals surface area contributed by atoms with E-state index in [0.717, 1.165) is 34.8 Å². The van der Waals surface area contributed by atoms with Crippen LogP contribution in [0.25, 0.3) is 10.6 Å². The standard InChI is InChI=1S/C19H25N3OS/c1-2-3-9-19(23)21-15-10-18(24-13-15)17-12-20-11-16(22-17)14-7-5-4-6-8-14/h10-14H,2-9H2,1H3,(H,21,23). The van der Waals surface area contributed by atoms with Crippen molar-refractivity contribution in [2.24, 2.45) is 0 Å². The molecule has 2 aromatic heterocycles. The van der Waals surface area contributed by atoms with Crippen molar-refractivity contribution < 1.29 is 4.79 Å². The fourth-order valence-corrected chi connectivity index (χ4v) is 3.99. The lowest BCUT2D eigenvalue weighted by molar-refractivity contribution is -0.116. The van der Waals surface area contributed by atoms with Crippen LogP contribution in [0.5, 0.6) is 0 Å². The molecule has 0 bridgehead atoms. The molecule has 0 saturated heterocycles. The number of aromatic nitrogens is 2. The van der Waals surface area contributed by atoms with Crippen molar-refractivity contribution in [2.45, 2.75) is 64.2 Å². The first kappa shape index (κ1) is 17.1. The van der Waals surface area contributed by atoms with Gasteiger partial charge in [-0.25, -0.2) is 4.98 Å². The van der Waals surface area contributed by atoms with E-state index >= 15 is 0 Å². The third-order valence-electron chi connectivity index (χ3n) is 4.57. The third-order valence-corrected chi connectivity index (χ3v) is 5.52. The minimum Gasteiger partial charge on any atom is -0.325 e. The minimum absolute atomic E-state index is 0.0863. The molecule has 2 aromatic rings. The van der Waals surface area contributed by atoms with E-state index in [4.69, 9.17) is 4.98 Å². The van der Waals surface area contributed by atoms with Crippen LogP contribution in [0.15, 0.2) is 23.8 Å². The summed E-state index contributed by atoms with van der Waals surface area (Å²) in [5, 5.41) is 4.95. The van der Waals surface area contributed by atoms with E-state index in [1.165, 1.54) is 32.1 Å². The summed E-state index contributed by atoms with van der Waals surface area (Å²) >= 11 is 1.61. The molecule has 1 fully saturated rings. The quantitative estimate of drug-likeness (QED) is 0.766. The first-order valence-corrected chi connectivity index (χ1v) is 9.85. The van der Waals surface area contributed by atoms with Gasteiger partial charge < -0.3 is 5.32 Å². The van der Waals surface area contributed by atoms with Crippen molar-refractivity contribution in [1.82, 2.24) is 9.97 Å². The van der Waals surface area contributed by atoms with Gasteiger partial charge in [0.25, 0.3) is 0 Å². The van der Waals surface area contributed by atoms with Gasteiger partial charge in [-0.1, -0.05) is 32.6 Å². The Labute approximate surface area is 147 Å². The zero-order chi connectivity index (χ0) is 16.8. The molecule has 4 nitrogen and oxygen atoms in total. The molecule has 1 N–H and O–H groups in total. The topological polar surface area (TPSA) is 54.9 Å². The summed E-state index contributed by atoms with van der Waals surface area (Å²) in [6.45, 7) is 2.09. The van der Waals surface area contributed by atoms with Gasteiger partial charge >= 0.3 is 0 Å². The zero-order valence-electron chi connectivity index (χ0n) is 14.3. The molecule has 3 rings (SSSR count). The monoisotopic (exact) mass is 343 g/mol. The maximum atomic E-state index is 11.8. The molecule has 0 atom stereocenters. The lowest BCUT2D eigenvalue weighted by atomic mass is 9.87. The van der Waals surface area contributed by atoms with Crippen LogP contribution < -0.4 is 5.32 Å². The number of nitrogens with zero attached hydrogens (tertiary/aromatic N) is 2. The maximum Gasteiger partial charge on any atom is 0.224 e. The highest BCUT2D eigenvalue weighted by molar-refractivity contribution is 7.14. The van der Waals surface area contributed by atoms with Crippen molar-refractivity contribution in [1.29, 1.82) is 0 Å². The van der Waals surface area contributed by atoms with E-state index in [1.807, 2.05) is 23.8 Å². The molecular weight excluding hydrogens is 318 g/mol. The Kier molecular flexibility index (Phi) is 5.96. The fraction of sp³-hybridized carbons (Fsp3) is 0.526. The fourth-order valence-electron chi connectivity index (χ4n) is 3.19. The Bertz CT molecular complexity index is 677. The van der Waals surface area contributed by atoms with Crippen molar-refractivity contribution >= 4 is 22.9 Å². The van der Waals surface area contributed by atoms with Crippen LogP contribution in [-0.2, 0) is 4.79 Å². The number of carbonyl (C=O) groups excluding carboxylic acids is 1. The summed E-state index contributed by atoms with van der Waals surface area (Å²) in [6.07, 6.45) is 12.7. The summed E-state index contributed by atoms with van der Waals surface area (Å²) in [7, 11) is 0. The van der Waals surface area contributed by atoms with Gasteiger partial charge in [-0.2, -0.15) is 0 Å². The predicted octanol–water partition coefficient (Wildman–Crippen LogP) is 5.38. The van der Waals surface area contributed by atoms with Gasteiger partial charge in [0.15, 0.2) is 0 Å². The average molecular weight is 343 g/mol. The zero-order valence-corrected chi connectivity index (χ0v) is 15.1. The molecule has 0 spiro atoms. The van der Waals surface area contributed by atoms with Gasteiger partial charge in [0.05, 0.1) is 28.1 Å². The van der Waals surface area contributed by atoms with Crippen LogP contribution >= 0.6 is 11.3 Å². The first-order valence-electron chi connectivity index (χ1n) is 8.97. The Balaban J connectivity index is 1.69. The highest BCUT2D eigenvalue weighted by Gasteiger charge is 2.18. The number of unbranched alkanes of at least 4 members (excludes halogenated alkanes) is 1. The Hall–Kier alpha value is -1.75.